The molecule has 2 aromatic carbocycles. The minimum absolute atomic E-state index is 0.169. The molecular weight excluding hydrogens is 311 g/mol. The highest BCUT2D eigenvalue weighted by molar-refractivity contribution is 6.35. The van der Waals surface area contributed by atoms with E-state index >= 15 is 0 Å². The van der Waals surface area contributed by atoms with E-state index in [1.54, 1.807) is 42.5 Å². The van der Waals surface area contributed by atoms with Crippen molar-refractivity contribution in [3.05, 3.63) is 58.1 Å². The Hall–Kier alpha value is -1.75. The highest BCUT2D eigenvalue weighted by Crippen LogP contribution is 2.25. The number of phenols is 1. The molecule has 0 fully saturated rings. The van der Waals surface area contributed by atoms with Crippen molar-refractivity contribution in [2.75, 3.05) is 5.32 Å². The van der Waals surface area contributed by atoms with Crippen LogP contribution in [0.15, 0.2) is 42.5 Å². The Kier molecular flexibility index (Phi) is 5.07. The predicted molar refractivity (Wildman–Crippen MR) is 84.9 cm³/mol. The van der Waals surface area contributed by atoms with Gasteiger partial charge in [-0.05, 0) is 42.3 Å². The molecule has 0 saturated heterocycles. The largest absolute Gasteiger partial charge is 0.508 e. The summed E-state index contributed by atoms with van der Waals surface area (Å²) >= 11 is 11.8. The third kappa shape index (κ3) is 4.36. The van der Waals surface area contributed by atoms with Gasteiger partial charge in [0.2, 0.25) is 5.91 Å². The Morgan fingerprint density at radius 1 is 1.19 bits per heavy atom. The molecule has 0 saturated carbocycles. The van der Waals surface area contributed by atoms with Crippen LogP contribution in [0.5, 0.6) is 5.75 Å². The summed E-state index contributed by atoms with van der Waals surface area (Å²) in [5.74, 6) is -0.185. The van der Waals surface area contributed by atoms with Gasteiger partial charge in [-0.1, -0.05) is 35.3 Å². The lowest BCUT2D eigenvalue weighted by Gasteiger charge is -2.13. The lowest BCUT2D eigenvalue weighted by molar-refractivity contribution is -0.117. The summed E-state index contributed by atoms with van der Waals surface area (Å²) < 4.78 is 0. The first-order chi connectivity index (χ1) is 9.95. The second kappa shape index (κ2) is 6.80. The molecule has 1 amide bonds. The first-order valence-corrected chi connectivity index (χ1v) is 7.00. The maximum Gasteiger partial charge on any atom is 0.241 e. The smallest absolute Gasteiger partial charge is 0.241 e. The van der Waals surface area contributed by atoms with Crippen LogP contribution in [-0.2, 0) is 11.2 Å². The topological polar surface area (TPSA) is 75.3 Å². The number of carbonyl (C=O) groups excluding carboxylic acids is 1. The van der Waals surface area contributed by atoms with Gasteiger partial charge in [-0.2, -0.15) is 0 Å². The highest BCUT2D eigenvalue weighted by Gasteiger charge is 2.15. The van der Waals surface area contributed by atoms with Crippen molar-refractivity contribution in [2.45, 2.75) is 12.5 Å². The van der Waals surface area contributed by atoms with Crippen LogP contribution in [0.25, 0.3) is 0 Å². The van der Waals surface area contributed by atoms with E-state index in [1.807, 2.05) is 0 Å². The standard InChI is InChI=1S/C15H14Cl2N2O2/c16-10-3-6-12(17)14(8-10)19-15(21)13(18)7-9-1-4-11(20)5-2-9/h1-6,8,13,20H,7,18H2,(H,19,21)/t13-/m0/s1. The lowest BCUT2D eigenvalue weighted by atomic mass is 10.1. The van der Waals surface area contributed by atoms with E-state index in [-0.39, 0.29) is 11.7 Å². The summed E-state index contributed by atoms with van der Waals surface area (Å²) in [6, 6.07) is 10.6. The van der Waals surface area contributed by atoms with Gasteiger partial charge >= 0.3 is 0 Å². The number of amides is 1. The van der Waals surface area contributed by atoms with Gasteiger partial charge in [-0.3, -0.25) is 4.79 Å². The number of halogens is 2. The number of aromatic hydroxyl groups is 1. The summed E-state index contributed by atoms with van der Waals surface area (Å²) in [6.45, 7) is 0. The molecule has 0 unspecified atom stereocenters. The fourth-order valence-electron chi connectivity index (χ4n) is 1.80. The van der Waals surface area contributed by atoms with Crippen molar-refractivity contribution < 1.29 is 9.90 Å². The van der Waals surface area contributed by atoms with E-state index in [1.165, 1.54) is 0 Å². The van der Waals surface area contributed by atoms with Crippen LogP contribution in [-0.4, -0.2) is 17.1 Å². The van der Waals surface area contributed by atoms with Crippen LogP contribution in [0, 0.1) is 0 Å². The lowest BCUT2D eigenvalue weighted by Crippen LogP contribution is -2.37. The van der Waals surface area contributed by atoms with Gasteiger partial charge in [-0.15, -0.1) is 0 Å². The van der Waals surface area contributed by atoms with Crippen LogP contribution in [0.1, 0.15) is 5.56 Å². The molecule has 0 heterocycles. The molecule has 0 spiro atoms. The Bertz CT molecular complexity index is 645. The quantitative estimate of drug-likeness (QED) is 0.808. The molecule has 4 nitrogen and oxygen atoms in total. The predicted octanol–water partition coefficient (Wildman–Crippen LogP) is 3.21. The number of hydrogen-bond donors (Lipinski definition) is 3. The zero-order valence-electron chi connectivity index (χ0n) is 11.0. The first kappa shape index (κ1) is 15.6. The number of anilines is 1. The third-order valence-electron chi connectivity index (χ3n) is 2.92. The van der Waals surface area contributed by atoms with Gasteiger partial charge in [0.1, 0.15) is 5.75 Å². The molecule has 6 heteroatoms. The van der Waals surface area contributed by atoms with Gasteiger partial charge in [0.05, 0.1) is 16.8 Å². The number of hydrogen-bond acceptors (Lipinski definition) is 3. The Balaban J connectivity index is 2.02. The van der Waals surface area contributed by atoms with Crippen LogP contribution >= 0.6 is 23.2 Å². The first-order valence-electron chi connectivity index (χ1n) is 6.25. The number of carbonyl (C=O) groups is 1. The van der Waals surface area contributed by atoms with E-state index in [0.717, 1.165) is 5.56 Å². The molecule has 0 aromatic heterocycles. The normalized spacial score (nSPS) is 12.0. The van der Waals surface area contributed by atoms with E-state index < -0.39 is 6.04 Å². The number of nitrogens with two attached hydrogens (primary N) is 1. The summed E-state index contributed by atoms with van der Waals surface area (Å²) in [5.41, 5.74) is 7.15. The summed E-state index contributed by atoms with van der Waals surface area (Å²) in [6.07, 6.45) is 0.351. The Labute approximate surface area is 132 Å². The van der Waals surface area contributed by atoms with Crippen molar-refractivity contribution >= 4 is 34.8 Å². The van der Waals surface area contributed by atoms with Gasteiger partial charge < -0.3 is 16.2 Å². The zero-order chi connectivity index (χ0) is 15.4. The summed E-state index contributed by atoms with van der Waals surface area (Å²) in [5, 5.41) is 12.7. The number of rotatable bonds is 4. The number of nitrogens with one attached hydrogen (secondary N) is 1. The van der Waals surface area contributed by atoms with Crippen LogP contribution in [0.3, 0.4) is 0 Å². The van der Waals surface area contributed by atoms with Crippen LogP contribution < -0.4 is 11.1 Å². The van der Waals surface area contributed by atoms with Gasteiger partial charge in [0, 0.05) is 5.02 Å². The van der Waals surface area contributed by atoms with Crippen molar-refractivity contribution in [3.63, 3.8) is 0 Å². The minimum Gasteiger partial charge on any atom is -0.508 e. The molecule has 0 aliphatic carbocycles. The Morgan fingerprint density at radius 2 is 1.86 bits per heavy atom. The molecule has 0 bridgehead atoms. The summed E-state index contributed by atoms with van der Waals surface area (Å²) in [7, 11) is 0. The molecule has 0 radical (unpaired) electrons. The number of phenolic OH excluding ortho intramolecular Hbond substituents is 1. The second-order valence-corrected chi connectivity index (χ2v) is 5.43. The van der Waals surface area contributed by atoms with Crippen molar-refractivity contribution in [3.8, 4) is 5.75 Å². The molecule has 0 aliphatic heterocycles. The van der Waals surface area contributed by atoms with Crippen molar-refractivity contribution in [2.24, 2.45) is 5.73 Å². The SMILES string of the molecule is N[C@@H](Cc1ccc(O)cc1)C(=O)Nc1cc(Cl)ccc1Cl. The molecule has 110 valence electrons. The monoisotopic (exact) mass is 324 g/mol. The molecule has 21 heavy (non-hydrogen) atoms. The van der Waals surface area contributed by atoms with Crippen molar-refractivity contribution in [1.29, 1.82) is 0 Å². The fraction of sp³-hybridized carbons (Fsp3) is 0.133. The zero-order valence-corrected chi connectivity index (χ0v) is 12.5. The summed E-state index contributed by atoms with van der Waals surface area (Å²) in [4.78, 5) is 12.1. The van der Waals surface area contributed by atoms with Gasteiger partial charge in [0.15, 0.2) is 0 Å². The average molecular weight is 325 g/mol. The molecule has 2 aromatic rings. The van der Waals surface area contributed by atoms with E-state index in [9.17, 15) is 9.90 Å². The maximum absolute atomic E-state index is 12.1. The average Bonchev–Trinajstić information content (AvgIpc) is 2.45. The van der Waals surface area contributed by atoms with E-state index in [2.05, 4.69) is 5.32 Å². The molecule has 4 N–H and O–H groups in total. The highest BCUT2D eigenvalue weighted by atomic mass is 35.5. The van der Waals surface area contributed by atoms with Gasteiger partial charge in [0.25, 0.3) is 0 Å². The molecule has 1 atom stereocenters. The maximum atomic E-state index is 12.1. The van der Waals surface area contributed by atoms with Crippen molar-refractivity contribution in [1.82, 2.24) is 0 Å². The fourth-order valence-corrected chi connectivity index (χ4v) is 2.13. The third-order valence-corrected chi connectivity index (χ3v) is 3.48. The molecule has 2 rings (SSSR count). The minimum atomic E-state index is -0.732. The second-order valence-electron chi connectivity index (χ2n) is 4.59. The molecular formula is C15H14Cl2N2O2. The van der Waals surface area contributed by atoms with E-state index in [0.29, 0.717) is 22.2 Å². The Morgan fingerprint density at radius 3 is 2.52 bits per heavy atom. The van der Waals surface area contributed by atoms with Crippen LogP contribution in [0.2, 0.25) is 10.0 Å². The van der Waals surface area contributed by atoms with Gasteiger partial charge in [-0.25, -0.2) is 0 Å². The number of benzene rings is 2. The van der Waals surface area contributed by atoms with E-state index in [4.69, 9.17) is 28.9 Å². The molecule has 0 aliphatic rings. The van der Waals surface area contributed by atoms with Crippen LogP contribution in [0.4, 0.5) is 5.69 Å².